The number of nitrogens with zero attached hydrogens (tertiary/aromatic N) is 2. The number of carbonyl (C=O) groups excluding carboxylic acids is 3. The van der Waals surface area contributed by atoms with Crippen LogP contribution in [0.15, 0.2) is 69.3 Å². The van der Waals surface area contributed by atoms with Crippen LogP contribution in [0.4, 0.5) is 10.5 Å². The Kier molecular flexibility index (Phi) is 8.85. The molecule has 0 radical (unpaired) electrons. The van der Waals surface area contributed by atoms with Crippen molar-refractivity contribution >= 4 is 29.8 Å². The lowest BCUT2D eigenvalue weighted by Gasteiger charge is -2.28. The van der Waals surface area contributed by atoms with Crippen LogP contribution in [0, 0.1) is 17.0 Å². The van der Waals surface area contributed by atoms with Gasteiger partial charge in [-0.1, -0.05) is 12.1 Å². The average Bonchev–Trinajstić information content (AvgIpc) is 3.44. The van der Waals surface area contributed by atoms with Crippen molar-refractivity contribution in [3.8, 4) is 22.8 Å². The third kappa shape index (κ3) is 6.55. The van der Waals surface area contributed by atoms with Gasteiger partial charge in [-0.15, -0.1) is 0 Å². The second-order valence-corrected chi connectivity index (χ2v) is 9.01. The molecule has 4 rings (SSSR count). The number of amides is 3. The number of benzene rings is 2. The zero-order chi connectivity index (χ0) is 30.4. The fourth-order valence-corrected chi connectivity index (χ4v) is 4.21. The zero-order valence-corrected chi connectivity index (χ0v) is 23.0. The van der Waals surface area contributed by atoms with Crippen molar-refractivity contribution < 1.29 is 37.9 Å². The summed E-state index contributed by atoms with van der Waals surface area (Å²) in [6.07, 6.45) is 1.28. The van der Waals surface area contributed by atoms with Crippen LogP contribution in [0.25, 0.3) is 11.3 Å². The van der Waals surface area contributed by atoms with Crippen molar-refractivity contribution in [2.24, 2.45) is 5.10 Å². The Morgan fingerprint density at radius 3 is 2.62 bits per heavy atom. The summed E-state index contributed by atoms with van der Waals surface area (Å²) in [6, 6.07) is 11.2. The number of rotatable bonds is 10. The van der Waals surface area contributed by atoms with Crippen LogP contribution >= 0.6 is 0 Å². The molecule has 1 aliphatic heterocycles. The van der Waals surface area contributed by atoms with Gasteiger partial charge in [0, 0.05) is 23.4 Å². The van der Waals surface area contributed by atoms with E-state index in [1.54, 1.807) is 50.2 Å². The number of nitro benzene ring substituents is 1. The Labute approximate surface area is 239 Å². The van der Waals surface area contributed by atoms with Gasteiger partial charge >= 0.3 is 12.0 Å². The number of hydrogen-bond donors (Lipinski definition) is 3. The first-order valence-electron chi connectivity index (χ1n) is 12.5. The van der Waals surface area contributed by atoms with Gasteiger partial charge in [0.25, 0.3) is 11.6 Å². The highest BCUT2D eigenvalue weighted by atomic mass is 16.6. The molecule has 0 saturated carbocycles. The van der Waals surface area contributed by atoms with E-state index in [4.69, 9.17) is 18.6 Å². The second kappa shape index (κ2) is 12.7. The molecule has 14 nitrogen and oxygen atoms in total. The van der Waals surface area contributed by atoms with Crippen molar-refractivity contribution in [3.05, 3.63) is 86.8 Å². The Morgan fingerprint density at radius 2 is 1.90 bits per heavy atom. The molecule has 0 spiro atoms. The van der Waals surface area contributed by atoms with Gasteiger partial charge in [-0.05, 0) is 49.2 Å². The number of urea groups is 1. The van der Waals surface area contributed by atoms with Crippen LogP contribution in [0.3, 0.4) is 0 Å². The third-order valence-corrected chi connectivity index (χ3v) is 6.26. The molecule has 1 atom stereocenters. The molecule has 0 aliphatic carbocycles. The molecule has 0 bridgehead atoms. The highest BCUT2D eigenvalue weighted by molar-refractivity contribution is 5.95. The van der Waals surface area contributed by atoms with E-state index in [9.17, 15) is 24.5 Å². The van der Waals surface area contributed by atoms with Crippen molar-refractivity contribution in [2.45, 2.75) is 19.9 Å². The highest BCUT2D eigenvalue weighted by Crippen LogP contribution is 2.34. The number of allylic oxidation sites excluding steroid dienone is 1. The van der Waals surface area contributed by atoms with E-state index in [-0.39, 0.29) is 22.8 Å². The number of hydrazone groups is 1. The number of esters is 1. The average molecular weight is 578 g/mol. The van der Waals surface area contributed by atoms with Gasteiger partial charge in [-0.2, -0.15) is 5.10 Å². The molecule has 1 aromatic heterocycles. The number of nitro groups is 1. The maximum Gasteiger partial charge on any atom is 0.337 e. The fourth-order valence-electron chi connectivity index (χ4n) is 4.21. The van der Waals surface area contributed by atoms with E-state index in [0.717, 1.165) is 5.56 Å². The van der Waals surface area contributed by atoms with Crippen LogP contribution < -0.4 is 25.5 Å². The number of non-ortho nitro benzene ring substituents is 1. The van der Waals surface area contributed by atoms with Crippen LogP contribution in [-0.2, 0) is 14.3 Å². The number of furan rings is 1. The van der Waals surface area contributed by atoms with E-state index < -0.39 is 35.5 Å². The highest BCUT2D eigenvalue weighted by Gasteiger charge is 2.32. The molecule has 42 heavy (non-hydrogen) atoms. The zero-order valence-electron chi connectivity index (χ0n) is 23.0. The minimum atomic E-state index is -0.796. The molecule has 3 N–H and O–H groups in total. The Bertz CT molecular complexity index is 1610. The number of aryl methyl sites for hydroxylation is 1. The third-order valence-electron chi connectivity index (χ3n) is 6.26. The minimum Gasteiger partial charge on any atom is -0.493 e. The smallest absolute Gasteiger partial charge is 0.337 e. The summed E-state index contributed by atoms with van der Waals surface area (Å²) in [4.78, 5) is 47.3. The van der Waals surface area contributed by atoms with Gasteiger partial charge < -0.3 is 29.3 Å². The van der Waals surface area contributed by atoms with Gasteiger partial charge in [0.2, 0.25) is 0 Å². The van der Waals surface area contributed by atoms with Gasteiger partial charge in [0.1, 0.15) is 11.5 Å². The van der Waals surface area contributed by atoms with Crippen LogP contribution in [0.1, 0.15) is 29.9 Å². The Balaban J connectivity index is 1.38. The Hall–Kier alpha value is -5.66. The normalized spacial score (nSPS) is 14.7. The SMILES string of the molecule is COC(=O)C1=C(C)NC(=O)N[C@@H]1c1ccc(OCC(=O)N/N=C\c2ccc(-c3cc([N+](=O)[O-])ccc3C)o2)c(OC)c1. The summed E-state index contributed by atoms with van der Waals surface area (Å²) < 4.78 is 21.5. The molecule has 2 heterocycles. The van der Waals surface area contributed by atoms with E-state index in [1.807, 2.05) is 0 Å². The van der Waals surface area contributed by atoms with Gasteiger partial charge in [-0.3, -0.25) is 14.9 Å². The first-order chi connectivity index (χ1) is 20.1. The number of hydrogen-bond acceptors (Lipinski definition) is 10. The molecular formula is C28H27N5O9. The molecule has 3 aromatic rings. The fraction of sp³-hybridized carbons (Fsp3) is 0.214. The predicted molar refractivity (Wildman–Crippen MR) is 149 cm³/mol. The quantitative estimate of drug-likeness (QED) is 0.140. The van der Waals surface area contributed by atoms with E-state index in [1.165, 1.54) is 32.6 Å². The van der Waals surface area contributed by atoms with Gasteiger partial charge in [-0.25, -0.2) is 15.0 Å². The molecule has 218 valence electrons. The number of methoxy groups -OCH3 is 2. The molecule has 3 amide bonds. The van der Waals surface area contributed by atoms with Crippen LogP contribution in [0.2, 0.25) is 0 Å². The van der Waals surface area contributed by atoms with Gasteiger partial charge in [0.05, 0.1) is 37.0 Å². The molecule has 2 aromatic carbocycles. The lowest BCUT2D eigenvalue weighted by atomic mass is 9.95. The first-order valence-corrected chi connectivity index (χ1v) is 12.5. The van der Waals surface area contributed by atoms with Crippen LogP contribution in [-0.4, -0.2) is 49.9 Å². The topological polar surface area (TPSA) is 184 Å². The summed E-state index contributed by atoms with van der Waals surface area (Å²) in [5.41, 5.74) is 4.74. The molecule has 0 saturated heterocycles. The lowest BCUT2D eigenvalue weighted by molar-refractivity contribution is -0.384. The number of carbonyl (C=O) groups is 3. The van der Waals surface area contributed by atoms with Crippen molar-refractivity contribution in [3.63, 3.8) is 0 Å². The molecule has 0 fully saturated rings. The summed E-state index contributed by atoms with van der Waals surface area (Å²) in [5, 5.41) is 20.2. The maximum absolute atomic E-state index is 12.3. The molecule has 1 aliphatic rings. The largest absolute Gasteiger partial charge is 0.493 e. The monoisotopic (exact) mass is 577 g/mol. The maximum atomic E-state index is 12.3. The first kappa shape index (κ1) is 29.3. The second-order valence-electron chi connectivity index (χ2n) is 9.01. The van der Waals surface area contributed by atoms with Crippen molar-refractivity contribution in [1.29, 1.82) is 0 Å². The molecule has 0 unspecified atom stereocenters. The number of nitrogens with one attached hydrogen (secondary N) is 3. The standard InChI is InChI=1S/C28H27N5O9/c1-15-5-7-18(33(37)38)12-20(15)21-10-8-19(42-21)13-29-32-24(34)14-41-22-9-6-17(11-23(22)39-3)26-25(27(35)40-4)16(2)30-28(36)31-26/h5-13,26H,14H2,1-4H3,(H,32,34)(H2,30,31,36)/b29-13-/t26-/m1/s1. The van der Waals surface area contributed by atoms with Crippen molar-refractivity contribution in [2.75, 3.05) is 20.8 Å². The lowest BCUT2D eigenvalue weighted by Crippen LogP contribution is -2.45. The predicted octanol–water partition coefficient (Wildman–Crippen LogP) is 3.50. The summed E-state index contributed by atoms with van der Waals surface area (Å²) >= 11 is 0. The van der Waals surface area contributed by atoms with E-state index >= 15 is 0 Å². The van der Waals surface area contributed by atoms with Crippen LogP contribution in [0.5, 0.6) is 11.5 Å². The molecule has 14 heteroatoms. The molecular weight excluding hydrogens is 550 g/mol. The summed E-state index contributed by atoms with van der Waals surface area (Å²) in [7, 11) is 2.66. The number of ether oxygens (including phenoxy) is 3. The van der Waals surface area contributed by atoms with E-state index in [0.29, 0.717) is 28.3 Å². The summed E-state index contributed by atoms with van der Waals surface area (Å²) in [6.45, 7) is 3.00. The van der Waals surface area contributed by atoms with Crippen molar-refractivity contribution in [1.82, 2.24) is 16.1 Å². The van der Waals surface area contributed by atoms with Gasteiger partial charge in [0.15, 0.2) is 18.1 Å². The van der Waals surface area contributed by atoms with E-state index in [2.05, 4.69) is 21.2 Å². The minimum absolute atomic E-state index is 0.0586. The Morgan fingerprint density at radius 1 is 1.12 bits per heavy atom. The summed E-state index contributed by atoms with van der Waals surface area (Å²) in [5.74, 6) is 0.0514.